The third kappa shape index (κ3) is 3.52. The molecule has 120 valence electrons. The van der Waals surface area contributed by atoms with Crippen molar-refractivity contribution in [2.45, 2.75) is 31.7 Å². The van der Waals surface area contributed by atoms with E-state index in [2.05, 4.69) is 15.4 Å². The number of amides is 1. The fourth-order valence-corrected chi connectivity index (χ4v) is 2.97. The topological polar surface area (TPSA) is 69.0 Å². The summed E-state index contributed by atoms with van der Waals surface area (Å²) in [4.78, 5) is 16.1. The first-order valence-corrected chi connectivity index (χ1v) is 8.17. The number of ether oxygens (including phenoxy) is 1. The lowest BCUT2D eigenvalue weighted by Crippen LogP contribution is -2.40. The van der Waals surface area contributed by atoms with Gasteiger partial charge in [0.05, 0.1) is 5.69 Å². The van der Waals surface area contributed by atoms with Crippen molar-refractivity contribution in [1.29, 1.82) is 0 Å². The molecule has 1 N–H and O–H groups in total. The van der Waals surface area contributed by atoms with Crippen LogP contribution in [0.15, 0.2) is 36.9 Å². The summed E-state index contributed by atoms with van der Waals surface area (Å²) in [6, 6.07) is 7.85. The average molecular weight is 312 g/mol. The molecule has 1 aromatic carbocycles. The summed E-state index contributed by atoms with van der Waals surface area (Å²) in [5, 5.41) is 7.25. The maximum atomic E-state index is 12.1. The Morgan fingerprint density at radius 3 is 2.74 bits per heavy atom. The van der Waals surface area contributed by atoms with Gasteiger partial charge in [-0.25, -0.2) is 9.67 Å². The zero-order chi connectivity index (χ0) is 15.6. The lowest BCUT2D eigenvalue weighted by molar-refractivity contribution is -0.124. The molecule has 6 nitrogen and oxygen atoms in total. The predicted octanol–water partition coefficient (Wildman–Crippen LogP) is 1.95. The van der Waals surface area contributed by atoms with E-state index in [-0.39, 0.29) is 12.5 Å². The molecule has 0 aliphatic heterocycles. The Kier molecular flexibility index (Phi) is 3.73. The standard InChI is InChI=1S/C17H20N4O2/c22-16(20-17(12-4-5-12)13-6-7-13)9-23-15-3-1-2-14(8-15)21-11-18-10-19-21/h1-3,8,10-13,17H,4-7,9H2,(H,20,22). The van der Waals surface area contributed by atoms with Crippen molar-refractivity contribution in [1.82, 2.24) is 20.1 Å². The molecule has 23 heavy (non-hydrogen) atoms. The fraction of sp³-hybridized carbons (Fsp3) is 0.471. The van der Waals surface area contributed by atoms with Gasteiger partial charge in [-0.15, -0.1) is 0 Å². The molecule has 2 fully saturated rings. The molecule has 2 aliphatic carbocycles. The van der Waals surface area contributed by atoms with Crippen molar-refractivity contribution in [3.63, 3.8) is 0 Å². The lowest BCUT2D eigenvalue weighted by atomic mass is 10.1. The molecule has 2 aromatic rings. The zero-order valence-electron chi connectivity index (χ0n) is 12.9. The van der Waals surface area contributed by atoms with Crippen LogP contribution in [0.3, 0.4) is 0 Å². The molecular weight excluding hydrogens is 292 g/mol. The Balaban J connectivity index is 1.33. The summed E-state index contributed by atoms with van der Waals surface area (Å²) in [7, 11) is 0. The molecule has 2 aliphatic rings. The first kappa shape index (κ1) is 14.2. The summed E-state index contributed by atoms with van der Waals surface area (Å²) in [6.45, 7) is 0.0523. The maximum Gasteiger partial charge on any atom is 0.258 e. The normalized spacial score (nSPS) is 17.3. The van der Waals surface area contributed by atoms with Crippen molar-refractivity contribution in [3.8, 4) is 11.4 Å². The Labute approximate surface area is 134 Å². The highest BCUT2D eigenvalue weighted by molar-refractivity contribution is 5.78. The second-order valence-corrected chi connectivity index (χ2v) is 6.39. The second kappa shape index (κ2) is 6.02. The van der Waals surface area contributed by atoms with Gasteiger partial charge in [-0.3, -0.25) is 4.79 Å². The third-order valence-corrected chi connectivity index (χ3v) is 4.46. The van der Waals surface area contributed by atoms with Gasteiger partial charge in [-0.2, -0.15) is 5.10 Å². The molecule has 0 radical (unpaired) electrons. The Morgan fingerprint density at radius 2 is 2.09 bits per heavy atom. The SMILES string of the molecule is O=C(COc1cccc(-n2cncn2)c1)NC(C1CC1)C1CC1. The van der Waals surface area contributed by atoms with E-state index in [1.807, 2.05) is 24.3 Å². The number of carbonyl (C=O) groups is 1. The van der Waals surface area contributed by atoms with E-state index in [0.717, 1.165) is 5.69 Å². The van der Waals surface area contributed by atoms with E-state index in [1.54, 1.807) is 11.0 Å². The summed E-state index contributed by atoms with van der Waals surface area (Å²) < 4.78 is 7.29. The van der Waals surface area contributed by atoms with Crippen LogP contribution in [-0.2, 0) is 4.79 Å². The van der Waals surface area contributed by atoms with Crippen LogP contribution in [0, 0.1) is 11.8 Å². The average Bonchev–Trinajstić information content (AvgIpc) is 3.50. The number of hydrogen-bond acceptors (Lipinski definition) is 4. The van der Waals surface area contributed by atoms with Crippen LogP contribution < -0.4 is 10.1 Å². The smallest absolute Gasteiger partial charge is 0.258 e. The minimum atomic E-state index is -0.0278. The molecule has 1 aromatic heterocycles. The number of carbonyl (C=O) groups excluding carboxylic acids is 1. The van der Waals surface area contributed by atoms with Crippen LogP contribution >= 0.6 is 0 Å². The van der Waals surface area contributed by atoms with Gasteiger partial charge in [0.25, 0.3) is 5.91 Å². The van der Waals surface area contributed by atoms with Crippen LogP contribution in [0.1, 0.15) is 25.7 Å². The summed E-state index contributed by atoms with van der Waals surface area (Å²) >= 11 is 0. The van der Waals surface area contributed by atoms with Gasteiger partial charge in [-0.1, -0.05) is 6.07 Å². The van der Waals surface area contributed by atoms with Gasteiger partial charge in [0.15, 0.2) is 6.61 Å². The Bertz CT molecular complexity index is 666. The van der Waals surface area contributed by atoms with Gasteiger partial charge in [0.2, 0.25) is 0 Å². The van der Waals surface area contributed by atoms with Crippen molar-refractivity contribution in [3.05, 3.63) is 36.9 Å². The third-order valence-electron chi connectivity index (χ3n) is 4.46. The van der Waals surface area contributed by atoms with E-state index in [0.29, 0.717) is 23.6 Å². The quantitative estimate of drug-likeness (QED) is 0.848. The largest absolute Gasteiger partial charge is 0.484 e. The predicted molar refractivity (Wildman–Crippen MR) is 84.2 cm³/mol. The highest BCUT2D eigenvalue weighted by Gasteiger charge is 2.42. The van der Waals surface area contributed by atoms with Crippen LogP contribution in [0.25, 0.3) is 5.69 Å². The highest BCUT2D eigenvalue weighted by Crippen LogP contribution is 2.44. The van der Waals surface area contributed by atoms with Gasteiger partial charge < -0.3 is 10.1 Å². The second-order valence-electron chi connectivity index (χ2n) is 6.39. The first-order valence-electron chi connectivity index (χ1n) is 8.17. The maximum absolute atomic E-state index is 12.1. The number of nitrogens with zero attached hydrogens (tertiary/aromatic N) is 3. The van der Waals surface area contributed by atoms with Gasteiger partial charge in [-0.05, 0) is 49.7 Å². The number of hydrogen-bond donors (Lipinski definition) is 1. The number of rotatable bonds is 7. The fourth-order valence-electron chi connectivity index (χ4n) is 2.97. The van der Waals surface area contributed by atoms with E-state index in [9.17, 15) is 4.79 Å². The van der Waals surface area contributed by atoms with E-state index >= 15 is 0 Å². The van der Waals surface area contributed by atoms with Crippen molar-refractivity contribution < 1.29 is 9.53 Å². The Hall–Kier alpha value is -2.37. The van der Waals surface area contributed by atoms with Gasteiger partial charge in [0.1, 0.15) is 18.4 Å². The molecule has 0 saturated heterocycles. The highest BCUT2D eigenvalue weighted by atomic mass is 16.5. The molecule has 0 unspecified atom stereocenters. The number of nitrogens with one attached hydrogen (secondary N) is 1. The molecular formula is C17H20N4O2. The van der Waals surface area contributed by atoms with E-state index in [4.69, 9.17) is 4.74 Å². The van der Waals surface area contributed by atoms with Crippen molar-refractivity contribution in [2.24, 2.45) is 11.8 Å². The Morgan fingerprint density at radius 1 is 1.30 bits per heavy atom. The van der Waals surface area contributed by atoms with Crippen molar-refractivity contribution in [2.75, 3.05) is 6.61 Å². The summed E-state index contributed by atoms with van der Waals surface area (Å²) in [5.74, 6) is 2.02. The van der Waals surface area contributed by atoms with Crippen molar-refractivity contribution >= 4 is 5.91 Å². The molecule has 1 heterocycles. The molecule has 0 bridgehead atoms. The number of aromatic nitrogens is 3. The van der Waals surface area contributed by atoms with Gasteiger partial charge in [0, 0.05) is 12.1 Å². The number of benzene rings is 1. The zero-order valence-corrected chi connectivity index (χ0v) is 12.9. The van der Waals surface area contributed by atoms with E-state index < -0.39 is 0 Å². The molecule has 2 saturated carbocycles. The summed E-state index contributed by atoms with van der Waals surface area (Å²) in [5.41, 5.74) is 0.856. The molecule has 1 amide bonds. The lowest BCUT2D eigenvalue weighted by Gasteiger charge is -2.17. The van der Waals surface area contributed by atoms with Crippen LogP contribution in [0.4, 0.5) is 0 Å². The molecule has 4 rings (SSSR count). The van der Waals surface area contributed by atoms with Gasteiger partial charge >= 0.3 is 0 Å². The van der Waals surface area contributed by atoms with Crippen LogP contribution in [0.5, 0.6) is 5.75 Å². The molecule has 0 spiro atoms. The van der Waals surface area contributed by atoms with Crippen LogP contribution in [0.2, 0.25) is 0 Å². The minimum Gasteiger partial charge on any atom is -0.484 e. The molecule has 0 atom stereocenters. The monoisotopic (exact) mass is 312 g/mol. The first-order chi connectivity index (χ1) is 11.3. The minimum absolute atomic E-state index is 0.0278. The van der Waals surface area contributed by atoms with E-state index in [1.165, 1.54) is 32.0 Å². The summed E-state index contributed by atoms with van der Waals surface area (Å²) in [6.07, 6.45) is 8.12. The van der Waals surface area contributed by atoms with Crippen LogP contribution in [-0.4, -0.2) is 33.3 Å². The molecule has 6 heteroatoms.